The van der Waals surface area contributed by atoms with Gasteiger partial charge >= 0.3 is 39.5 Å². The number of carbonyl (C=O) groups is 4. The van der Waals surface area contributed by atoms with Crippen LogP contribution in [0.3, 0.4) is 0 Å². The van der Waals surface area contributed by atoms with E-state index in [1.165, 1.54) is 308 Å². The van der Waals surface area contributed by atoms with Crippen molar-refractivity contribution in [3.8, 4) is 0 Å². The lowest BCUT2D eigenvalue weighted by atomic mass is 9.99. The molecule has 0 rings (SSSR count). The van der Waals surface area contributed by atoms with Gasteiger partial charge in [-0.1, -0.05) is 440 Å². The monoisotopic (exact) mass is 1610 g/mol. The molecule has 19 heteroatoms. The third kappa shape index (κ3) is 82.6. The molecule has 0 aromatic rings. The van der Waals surface area contributed by atoms with E-state index in [9.17, 15) is 43.2 Å². The van der Waals surface area contributed by atoms with Gasteiger partial charge in [0.1, 0.15) is 19.3 Å². The molecule has 6 atom stereocenters. The predicted octanol–water partition coefficient (Wildman–Crippen LogP) is 28.2. The summed E-state index contributed by atoms with van der Waals surface area (Å²) < 4.78 is 69.1. The summed E-state index contributed by atoms with van der Waals surface area (Å²) in [5, 5.41) is 10.7. The molecule has 3 unspecified atom stereocenters. The third-order valence-electron chi connectivity index (χ3n) is 21.8. The number of esters is 4. The van der Waals surface area contributed by atoms with Gasteiger partial charge in [0.05, 0.1) is 26.4 Å². The fraction of sp³-hybridized carbons (Fsp3) is 0.956. The number of aliphatic hydroxyl groups is 1. The van der Waals surface area contributed by atoms with Gasteiger partial charge < -0.3 is 33.8 Å². The summed E-state index contributed by atoms with van der Waals surface area (Å²) in [6.45, 7) is 9.79. The molecule has 0 heterocycles. The molecule has 0 aliphatic rings. The first-order valence-electron chi connectivity index (χ1n) is 47.0. The number of carbonyl (C=O) groups excluding carboxylic acids is 4. The molecule has 0 amide bonds. The van der Waals surface area contributed by atoms with Crippen LogP contribution in [0.1, 0.15) is 491 Å². The zero-order valence-corrected chi connectivity index (χ0v) is 74.4. The number of unbranched alkanes of at least 4 members (excludes halogenated alkanes) is 59. The fourth-order valence-electron chi connectivity index (χ4n) is 14.3. The summed E-state index contributed by atoms with van der Waals surface area (Å²) >= 11 is 0. The van der Waals surface area contributed by atoms with Crippen molar-refractivity contribution in [2.24, 2.45) is 11.8 Å². The van der Waals surface area contributed by atoms with Gasteiger partial charge in [-0.2, -0.15) is 0 Å². The molecule has 0 aliphatic carbocycles. The van der Waals surface area contributed by atoms with E-state index in [4.69, 9.17) is 37.0 Å². The van der Waals surface area contributed by atoms with Gasteiger partial charge in [-0.05, 0) is 37.5 Å². The molecule has 110 heavy (non-hydrogen) atoms. The van der Waals surface area contributed by atoms with E-state index in [1.807, 2.05) is 0 Å². The van der Waals surface area contributed by atoms with Crippen molar-refractivity contribution < 1.29 is 80.2 Å². The summed E-state index contributed by atoms with van der Waals surface area (Å²) in [4.78, 5) is 73.4. The molecule has 17 nitrogen and oxygen atoms in total. The quantitative estimate of drug-likeness (QED) is 0.0222. The van der Waals surface area contributed by atoms with Crippen molar-refractivity contribution in [1.82, 2.24) is 0 Å². The van der Waals surface area contributed by atoms with Crippen molar-refractivity contribution in [3.05, 3.63) is 0 Å². The first-order valence-corrected chi connectivity index (χ1v) is 50.0. The Kier molecular flexibility index (Phi) is 80.7. The minimum absolute atomic E-state index is 0.108. The van der Waals surface area contributed by atoms with Crippen LogP contribution in [-0.4, -0.2) is 96.7 Å². The number of rotatable bonds is 90. The lowest BCUT2D eigenvalue weighted by molar-refractivity contribution is -0.161. The number of phosphoric acid groups is 2. The van der Waals surface area contributed by atoms with Crippen LogP contribution in [-0.2, 0) is 65.4 Å². The molecule has 0 aliphatic heterocycles. The Morgan fingerprint density at radius 2 is 0.464 bits per heavy atom. The zero-order chi connectivity index (χ0) is 80.6. The normalized spacial score (nSPS) is 14.0. The molecular weight excluding hydrogens is 1430 g/mol. The maximum atomic E-state index is 13.2. The van der Waals surface area contributed by atoms with E-state index < -0.39 is 97.5 Å². The van der Waals surface area contributed by atoms with Gasteiger partial charge in [-0.3, -0.25) is 37.3 Å². The topological polar surface area (TPSA) is 237 Å². The smallest absolute Gasteiger partial charge is 0.462 e. The van der Waals surface area contributed by atoms with E-state index >= 15 is 0 Å². The van der Waals surface area contributed by atoms with Gasteiger partial charge in [0, 0.05) is 25.7 Å². The van der Waals surface area contributed by atoms with E-state index in [0.29, 0.717) is 25.7 Å². The van der Waals surface area contributed by atoms with Crippen LogP contribution in [0.15, 0.2) is 0 Å². The Morgan fingerprint density at radius 1 is 0.264 bits per heavy atom. The number of aliphatic hydroxyl groups excluding tert-OH is 1. The maximum Gasteiger partial charge on any atom is 0.472 e. The average Bonchev–Trinajstić information content (AvgIpc) is 0.898. The third-order valence-corrected chi connectivity index (χ3v) is 23.7. The molecule has 0 saturated heterocycles. The molecule has 0 radical (unpaired) electrons. The minimum atomic E-state index is -4.97. The van der Waals surface area contributed by atoms with Crippen molar-refractivity contribution in [2.45, 2.75) is 509 Å². The van der Waals surface area contributed by atoms with Gasteiger partial charge in [0.15, 0.2) is 12.2 Å². The molecule has 0 bridgehead atoms. The highest BCUT2D eigenvalue weighted by molar-refractivity contribution is 7.47. The molecule has 0 aromatic heterocycles. The lowest BCUT2D eigenvalue weighted by Gasteiger charge is -2.21. The number of hydrogen-bond acceptors (Lipinski definition) is 15. The van der Waals surface area contributed by atoms with Crippen molar-refractivity contribution in [1.29, 1.82) is 0 Å². The van der Waals surface area contributed by atoms with Crippen LogP contribution < -0.4 is 0 Å². The Hall–Kier alpha value is -1.94. The maximum absolute atomic E-state index is 13.2. The number of ether oxygens (including phenoxy) is 4. The SMILES string of the molecule is CCCCCCCCCCCCCCCCCCCCCC(=O)OC[C@H](COP(=O)(O)OC[C@@H](O)COP(=O)(O)OC[C@@H](COC(=O)CCCCCCCCCCCCC)OC(=O)CCCCCCCCCCCCCCCCCC(C)C)OC(=O)CCCCCCCCCCCCCCCCCCCCC(C)CC. The molecule has 0 fully saturated rings. The summed E-state index contributed by atoms with van der Waals surface area (Å²) in [5.74, 6) is -0.421. The summed E-state index contributed by atoms with van der Waals surface area (Å²) in [6, 6.07) is 0. The largest absolute Gasteiger partial charge is 0.472 e. The van der Waals surface area contributed by atoms with Crippen molar-refractivity contribution >= 4 is 39.5 Å². The highest BCUT2D eigenvalue weighted by atomic mass is 31.2. The zero-order valence-electron chi connectivity index (χ0n) is 72.6. The predicted molar refractivity (Wildman–Crippen MR) is 455 cm³/mol. The van der Waals surface area contributed by atoms with E-state index in [1.54, 1.807) is 0 Å². The Balaban J connectivity index is 5.23. The van der Waals surface area contributed by atoms with E-state index in [2.05, 4.69) is 41.5 Å². The molecule has 0 aromatic carbocycles. The van der Waals surface area contributed by atoms with Crippen molar-refractivity contribution in [3.63, 3.8) is 0 Å². The van der Waals surface area contributed by atoms with Crippen LogP contribution in [0.5, 0.6) is 0 Å². The molecule has 0 saturated carbocycles. The summed E-state index contributed by atoms with van der Waals surface area (Å²) in [6.07, 6.45) is 76.3. The van der Waals surface area contributed by atoms with Crippen LogP contribution in [0.2, 0.25) is 0 Å². The standard InChI is InChI=1S/C91H178O17P2/c1-7-10-12-14-16-18-20-21-22-23-24-28-33-38-44-50-56-62-68-74-89(94)102-80-87(108-90(95)75-69-63-57-51-45-39-34-29-26-25-27-32-37-43-48-54-60-66-72-84(6)9-3)82-106-110(99,100)104-78-85(92)77-103-109(97,98)105-81-86(79-101-88(93)73-67-61-55-49-41-19-17-15-13-11-8-2)107-91(96)76-70-64-58-52-46-40-35-30-31-36-42-47-53-59-65-71-83(4)5/h83-87,92H,7-82H2,1-6H3,(H,97,98)(H,99,100)/t84?,85-,86+,87+/m0/s1. The van der Waals surface area contributed by atoms with Crippen LogP contribution in [0, 0.1) is 11.8 Å². The van der Waals surface area contributed by atoms with E-state index in [-0.39, 0.29) is 25.7 Å². The molecular formula is C91H178O17P2. The second kappa shape index (κ2) is 82.2. The Morgan fingerprint density at radius 3 is 0.691 bits per heavy atom. The number of hydrogen-bond donors (Lipinski definition) is 3. The van der Waals surface area contributed by atoms with Gasteiger partial charge in [0.2, 0.25) is 0 Å². The molecule has 654 valence electrons. The highest BCUT2D eigenvalue weighted by Crippen LogP contribution is 2.45. The molecule has 0 spiro atoms. The summed E-state index contributed by atoms with van der Waals surface area (Å²) in [5.41, 5.74) is 0. The van der Waals surface area contributed by atoms with Gasteiger partial charge in [-0.15, -0.1) is 0 Å². The van der Waals surface area contributed by atoms with Crippen LogP contribution >= 0.6 is 15.6 Å². The van der Waals surface area contributed by atoms with Crippen LogP contribution in [0.25, 0.3) is 0 Å². The Labute approximate surface area is 677 Å². The van der Waals surface area contributed by atoms with Gasteiger partial charge in [-0.25, -0.2) is 9.13 Å². The number of phosphoric ester groups is 2. The summed E-state index contributed by atoms with van der Waals surface area (Å²) in [7, 11) is -9.93. The first-order chi connectivity index (χ1) is 53.4. The van der Waals surface area contributed by atoms with E-state index in [0.717, 1.165) is 102 Å². The average molecular weight is 1610 g/mol. The second-order valence-corrected chi connectivity index (χ2v) is 36.3. The fourth-order valence-corrected chi connectivity index (χ4v) is 15.9. The molecule has 3 N–H and O–H groups in total. The minimum Gasteiger partial charge on any atom is -0.462 e. The van der Waals surface area contributed by atoms with Crippen molar-refractivity contribution in [2.75, 3.05) is 39.6 Å². The highest BCUT2D eigenvalue weighted by Gasteiger charge is 2.31. The van der Waals surface area contributed by atoms with Gasteiger partial charge in [0.25, 0.3) is 0 Å². The first kappa shape index (κ1) is 108. The second-order valence-electron chi connectivity index (χ2n) is 33.4. The Bertz CT molecular complexity index is 2100. The van der Waals surface area contributed by atoms with Crippen LogP contribution in [0.4, 0.5) is 0 Å². The lowest BCUT2D eigenvalue weighted by Crippen LogP contribution is -2.30.